The van der Waals surface area contributed by atoms with Crippen LogP contribution in [0.4, 0.5) is 0 Å². The maximum Gasteiger partial charge on any atom is 0.253 e. The van der Waals surface area contributed by atoms with Crippen molar-refractivity contribution >= 4 is 11.5 Å². The minimum atomic E-state index is 0.0503. The first-order valence-corrected chi connectivity index (χ1v) is 14.2. The van der Waals surface area contributed by atoms with E-state index in [0.717, 1.165) is 53.5 Å². The van der Waals surface area contributed by atoms with Crippen LogP contribution in [0.15, 0.2) is 66.2 Å². The molecule has 4 aliphatic heterocycles. The molecule has 2 bridgehead atoms. The van der Waals surface area contributed by atoms with Crippen molar-refractivity contribution in [2.75, 3.05) is 19.9 Å². The lowest BCUT2D eigenvalue weighted by Gasteiger charge is -2.38. The van der Waals surface area contributed by atoms with Gasteiger partial charge in [-0.2, -0.15) is 0 Å². The average Bonchev–Trinajstić information content (AvgIpc) is 3.51. The molecule has 3 aromatic rings. The number of fused-ring (bicyclic) bond motifs is 5. The van der Waals surface area contributed by atoms with Crippen molar-refractivity contribution in [2.45, 2.75) is 58.2 Å². The zero-order valence-electron chi connectivity index (χ0n) is 22.6. The van der Waals surface area contributed by atoms with E-state index < -0.39 is 0 Å². The Morgan fingerprint density at radius 1 is 0.846 bits per heavy atom. The Hall–Kier alpha value is -3.77. The van der Waals surface area contributed by atoms with Gasteiger partial charge in [-0.05, 0) is 87.1 Å². The molecular weight excluding hydrogens is 488 g/mol. The van der Waals surface area contributed by atoms with Gasteiger partial charge in [0.05, 0.1) is 0 Å². The van der Waals surface area contributed by atoms with Crippen molar-refractivity contribution in [3.63, 3.8) is 0 Å². The molecule has 7 rings (SSSR count). The Bertz CT molecular complexity index is 1460. The van der Waals surface area contributed by atoms with Crippen LogP contribution in [0.3, 0.4) is 0 Å². The van der Waals surface area contributed by atoms with Gasteiger partial charge < -0.3 is 19.1 Å². The summed E-state index contributed by atoms with van der Waals surface area (Å²) in [4.78, 5) is 17.6. The lowest BCUT2D eigenvalue weighted by Crippen LogP contribution is -2.40. The smallest absolute Gasteiger partial charge is 0.253 e. The van der Waals surface area contributed by atoms with E-state index in [1.807, 2.05) is 49.1 Å². The van der Waals surface area contributed by atoms with Gasteiger partial charge in [0.15, 0.2) is 11.5 Å². The van der Waals surface area contributed by atoms with Gasteiger partial charge in [-0.3, -0.25) is 9.69 Å². The fraction of sp³-hybridized carbons (Fsp3) is 0.364. The predicted molar refractivity (Wildman–Crippen MR) is 150 cm³/mol. The highest BCUT2D eigenvalue weighted by Gasteiger charge is 2.40. The van der Waals surface area contributed by atoms with Gasteiger partial charge in [0.1, 0.15) is 11.5 Å². The highest BCUT2D eigenvalue weighted by atomic mass is 16.7. The first-order valence-electron chi connectivity index (χ1n) is 14.2. The first-order chi connectivity index (χ1) is 19.1. The third kappa shape index (κ3) is 4.18. The third-order valence-corrected chi connectivity index (χ3v) is 8.82. The number of hydrogen-bond acceptors (Lipinski definition) is 5. The van der Waals surface area contributed by atoms with Crippen molar-refractivity contribution in [3.8, 4) is 23.0 Å². The zero-order chi connectivity index (χ0) is 26.5. The lowest BCUT2D eigenvalue weighted by atomic mass is 9.83. The number of amides is 1. The molecule has 4 aliphatic rings. The number of piperidine rings is 1. The summed E-state index contributed by atoms with van der Waals surface area (Å²) in [5.41, 5.74) is 7.02. The van der Waals surface area contributed by atoms with Gasteiger partial charge in [-0.25, -0.2) is 0 Å². The number of hydrogen-bond donors (Lipinski definition) is 0. The van der Waals surface area contributed by atoms with Crippen LogP contribution in [-0.2, 0) is 6.54 Å². The minimum Gasteiger partial charge on any atom is -0.456 e. The number of rotatable bonds is 5. The Morgan fingerprint density at radius 2 is 1.59 bits per heavy atom. The van der Waals surface area contributed by atoms with Crippen molar-refractivity contribution in [1.82, 2.24) is 9.80 Å². The van der Waals surface area contributed by atoms with Crippen molar-refractivity contribution in [2.24, 2.45) is 0 Å². The first kappa shape index (κ1) is 24.3. The molecule has 0 aromatic heterocycles. The molecule has 6 heteroatoms. The second kappa shape index (κ2) is 9.76. The van der Waals surface area contributed by atoms with Crippen LogP contribution in [0.5, 0.6) is 23.0 Å². The van der Waals surface area contributed by atoms with Crippen LogP contribution in [0.25, 0.3) is 5.57 Å². The van der Waals surface area contributed by atoms with Gasteiger partial charge in [0.25, 0.3) is 5.91 Å². The molecule has 6 nitrogen and oxygen atoms in total. The van der Waals surface area contributed by atoms with Gasteiger partial charge in [0, 0.05) is 48.4 Å². The van der Waals surface area contributed by atoms with Crippen LogP contribution >= 0.6 is 0 Å². The second-order valence-corrected chi connectivity index (χ2v) is 10.9. The molecule has 39 heavy (non-hydrogen) atoms. The average molecular weight is 523 g/mol. The Kier molecular flexibility index (Phi) is 6.08. The SMILES string of the molecule is CCN(CC)C(=O)c1ccc2c(c1)Oc1ccccc1C2=C1CC2CCC(C1)N2Cc1ccc2c(c1)OCO2. The summed E-state index contributed by atoms with van der Waals surface area (Å²) in [6, 6.07) is 21.7. The quantitative estimate of drug-likeness (QED) is 0.294. The molecule has 4 heterocycles. The van der Waals surface area contributed by atoms with E-state index in [1.165, 1.54) is 29.6 Å². The summed E-state index contributed by atoms with van der Waals surface area (Å²) >= 11 is 0. The lowest BCUT2D eigenvalue weighted by molar-refractivity contribution is 0.0772. The summed E-state index contributed by atoms with van der Waals surface area (Å²) in [6.45, 7) is 6.66. The van der Waals surface area contributed by atoms with E-state index >= 15 is 0 Å². The van der Waals surface area contributed by atoms with Crippen LogP contribution in [0.2, 0.25) is 0 Å². The molecule has 2 atom stereocenters. The van der Waals surface area contributed by atoms with Gasteiger partial charge in [0.2, 0.25) is 6.79 Å². The van der Waals surface area contributed by atoms with Crippen molar-refractivity contribution in [3.05, 3.63) is 88.5 Å². The van der Waals surface area contributed by atoms with Crippen molar-refractivity contribution in [1.29, 1.82) is 0 Å². The van der Waals surface area contributed by atoms with Crippen LogP contribution in [-0.4, -0.2) is 47.7 Å². The molecule has 2 fully saturated rings. The Morgan fingerprint density at radius 3 is 2.38 bits per heavy atom. The van der Waals surface area contributed by atoms with Gasteiger partial charge >= 0.3 is 0 Å². The third-order valence-electron chi connectivity index (χ3n) is 8.82. The number of carbonyl (C=O) groups excluding carboxylic acids is 1. The summed E-state index contributed by atoms with van der Waals surface area (Å²) in [6.07, 6.45) is 4.53. The van der Waals surface area contributed by atoms with E-state index in [-0.39, 0.29) is 5.91 Å². The maximum absolute atomic E-state index is 13.1. The van der Waals surface area contributed by atoms with Crippen LogP contribution < -0.4 is 14.2 Å². The minimum absolute atomic E-state index is 0.0503. The topological polar surface area (TPSA) is 51.2 Å². The number of para-hydroxylation sites is 1. The molecule has 0 radical (unpaired) electrons. The van der Waals surface area contributed by atoms with E-state index in [2.05, 4.69) is 35.2 Å². The monoisotopic (exact) mass is 522 g/mol. The van der Waals surface area contributed by atoms with E-state index in [0.29, 0.717) is 37.5 Å². The largest absolute Gasteiger partial charge is 0.456 e. The molecule has 200 valence electrons. The second-order valence-electron chi connectivity index (χ2n) is 10.9. The Balaban J connectivity index is 1.22. The van der Waals surface area contributed by atoms with E-state index in [4.69, 9.17) is 14.2 Å². The number of benzene rings is 3. The maximum atomic E-state index is 13.1. The van der Waals surface area contributed by atoms with Gasteiger partial charge in [-0.1, -0.05) is 29.8 Å². The number of ether oxygens (including phenoxy) is 3. The zero-order valence-corrected chi connectivity index (χ0v) is 22.6. The molecule has 0 spiro atoms. The summed E-state index contributed by atoms with van der Waals surface area (Å²) in [5.74, 6) is 3.40. The highest BCUT2D eigenvalue weighted by Crippen LogP contribution is 2.50. The van der Waals surface area contributed by atoms with E-state index in [9.17, 15) is 4.79 Å². The number of carbonyl (C=O) groups is 1. The normalized spacial score (nSPS) is 20.9. The molecule has 0 N–H and O–H groups in total. The Labute approximate surface area is 229 Å². The van der Waals surface area contributed by atoms with E-state index in [1.54, 1.807) is 0 Å². The molecule has 3 aromatic carbocycles. The highest BCUT2D eigenvalue weighted by molar-refractivity contribution is 5.97. The molecule has 1 amide bonds. The molecule has 2 unspecified atom stereocenters. The predicted octanol–water partition coefficient (Wildman–Crippen LogP) is 6.63. The fourth-order valence-corrected chi connectivity index (χ4v) is 6.86. The number of nitrogens with zero attached hydrogens (tertiary/aromatic N) is 2. The summed E-state index contributed by atoms with van der Waals surface area (Å²) < 4.78 is 17.5. The summed E-state index contributed by atoms with van der Waals surface area (Å²) in [5, 5.41) is 0. The summed E-state index contributed by atoms with van der Waals surface area (Å²) in [7, 11) is 0. The molecule has 2 saturated heterocycles. The van der Waals surface area contributed by atoms with Crippen molar-refractivity contribution < 1.29 is 19.0 Å². The molecule has 0 aliphatic carbocycles. The standard InChI is InChI=1S/C33H34N2O4/c1-3-34(4-2)33(36)22-10-13-27-30(18-22)39-28-8-6-5-7-26(28)32(27)23-16-24-11-12-25(17-23)35(24)19-21-9-14-29-31(15-21)38-20-37-29/h5-10,13-15,18,24-25H,3-4,11-12,16-17,19-20H2,1-2H3. The van der Waals surface area contributed by atoms with Crippen LogP contribution in [0.1, 0.15) is 66.6 Å². The molecular formula is C33H34N2O4. The molecule has 0 saturated carbocycles. The van der Waals surface area contributed by atoms with Gasteiger partial charge in [-0.15, -0.1) is 0 Å². The van der Waals surface area contributed by atoms with Crippen LogP contribution in [0, 0.1) is 0 Å². The fourth-order valence-electron chi connectivity index (χ4n) is 6.86.